The Bertz CT molecular complexity index is 1130. The van der Waals surface area contributed by atoms with E-state index in [0.29, 0.717) is 12.5 Å². The number of rotatable bonds is 8. The standard InChI is InChI=1S/C19H19N7.C4H10O3/c1-2-14-12-23-26-17(14)24-18(20)25-19(26)22-10-13-5-7-15(8-6-13)16-4-3-9-21-11-16;5-2-1-4(7)3-6/h3-9,11-12H,2,10H2,1H3,(H3,20,22,24,25);4-7H,1-3H2. The van der Waals surface area contributed by atoms with Crippen molar-refractivity contribution >= 4 is 17.5 Å². The fourth-order valence-corrected chi connectivity index (χ4v) is 3.07. The van der Waals surface area contributed by atoms with E-state index in [9.17, 15) is 0 Å². The average molecular weight is 452 g/mol. The Balaban J connectivity index is 0.000000383. The number of nitrogens with zero attached hydrogens (tertiary/aromatic N) is 5. The van der Waals surface area contributed by atoms with Gasteiger partial charge in [0.25, 0.3) is 0 Å². The minimum atomic E-state index is -0.745. The van der Waals surface area contributed by atoms with E-state index in [0.717, 1.165) is 34.3 Å². The molecule has 1 atom stereocenters. The Morgan fingerprint density at radius 3 is 2.45 bits per heavy atom. The summed E-state index contributed by atoms with van der Waals surface area (Å²) in [5.41, 5.74) is 11.0. The van der Waals surface area contributed by atoms with Crippen LogP contribution in [0, 0.1) is 0 Å². The molecule has 0 fully saturated rings. The predicted octanol–water partition coefficient (Wildman–Crippen LogP) is 1.66. The zero-order chi connectivity index (χ0) is 23.6. The van der Waals surface area contributed by atoms with Crippen molar-refractivity contribution in [1.82, 2.24) is 24.6 Å². The number of aliphatic hydroxyl groups excluding tert-OH is 3. The molecule has 174 valence electrons. The lowest BCUT2D eigenvalue weighted by atomic mass is 10.1. The minimum absolute atomic E-state index is 0.0677. The molecule has 10 nitrogen and oxygen atoms in total. The van der Waals surface area contributed by atoms with E-state index >= 15 is 0 Å². The van der Waals surface area contributed by atoms with Crippen molar-refractivity contribution in [3.8, 4) is 11.1 Å². The summed E-state index contributed by atoms with van der Waals surface area (Å²) in [6, 6.07) is 12.3. The number of anilines is 2. The van der Waals surface area contributed by atoms with E-state index in [1.165, 1.54) is 0 Å². The number of nitrogens with one attached hydrogen (secondary N) is 1. The van der Waals surface area contributed by atoms with Gasteiger partial charge in [-0.2, -0.15) is 19.6 Å². The average Bonchev–Trinajstić information content (AvgIpc) is 3.27. The van der Waals surface area contributed by atoms with Crippen molar-refractivity contribution in [2.45, 2.75) is 32.4 Å². The second-order valence-electron chi connectivity index (χ2n) is 7.31. The van der Waals surface area contributed by atoms with Crippen LogP contribution in [0.25, 0.3) is 16.8 Å². The summed E-state index contributed by atoms with van der Waals surface area (Å²) >= 11 is 0. The van der Waals surface area contributed by atoms with Gasteiger partial charge in [0.2, 0.25) is 11.9 Å². The van der Waals surface area contributed by atoms with E-state index in [2.05, 4.69) is 56.6 Å². The topological polar surface area (TPSA) is 155 Å². The molecule has 4 rings (SSSR count). The lowest BCUT2D eigenvalue weighted by molar-refractivity contribution is 0.0721. The number of hydrogen-bond acceptors (Lipinski definition) is 9. The first kappa shape index (κ1) is 24.1. The molecule has 0 aliphatic heterocycles. The van der Waals surface area contributed by atoms with Gasteiger partial charge in [-0.05, 0) is 35.6 Å². The first-order valence-corrected chi connectivity index (χ1v) is 10.7. The van der Waals surface area contributed by atoms with Gasteiger partial charge in [-0.3, -0.25) is 4.98 Å². The van der Waals surface area contributed by atoms with Gasteiger partial charge in [0.15, 0.2) is 5.65 Å². The molecule has 6 N–H and O–H groups in total. The fraction of sp³-hybridized carbons (Fsp3) is 0.304. The summed E-state index contributed by atoms with van der Waals surface area (Å²) < 4.78 is 1.69. The predicted molar refractivity (Wildman–Crippen MR) is 126 cm³/mol. The first-order chi connectivity index (χ1) is 16.0. The van der Waals surface area contributed by atoms with Crippen LogP contribution in [-0.4, -0.2) is 59.2 Å². The number of benzene rings is 1. The van der Waals surface area contributed by atoms with E-state index in [-0.39, 0.29) is 25.6 Å². The van der Waals surface area contributed by atoms with Crippen LogP contribution < -0.4 is 11.1 Å². The Kier molecular flexibility index (Phi) is 8.64. The largest absolute Gasteiger partial charge is 0.396 e. The van der Waals surface area contributed by atoms with E-state index in [4.69, 9.17) is 21.1 Å². The molecule has 0 saturated carbocycles. The molecule has 33 heavy (non-hydrogen) atoms. The van der Waals surface area contributed by atoms with E-state index < -0.39 is 6.10 Å². The fourth-order valence-electron chi connectivity index (χ4n) is 3.07. The molecule has 4 aromatic rings. The Hall–Kier alpha value is -3.60. The molecule has 1 aromatic carbocycles. The monoisotopic (exact) mass is 451 g/mol. The van der Waals surface area contributed by atoms with Crippen LogP contribution in [0.1, 0.15) is 24.5 Å². The molecule has 0 aliphatic carbocycles. The maximum absolute atomic E-state index is 8.45. The number of fused-ring (bicyclic) bond motifs is 1. The second-order valence-corrected chi connectivity index (χ2v) is 7.31. The number of aryl methyl sites for hydroxylation is 1. The van der Waals surface area contributed by atoms with Gasteiger partial charge < -0.3 is 26.4 Å². The van der Waals surface area contributed by atoms with Crippen LogP contribution in [0.4, 0.5) is 11.9 Å². The van der Waals surface area contributed by atoms with Crippen molar-refractivity contribution in [2.75, 3.05) is 24.3 Å². The highest BCUT2D eigenvalue weighted by Crippen LogP contribution is 2.19. The summed E-state index contributed by atoms with van der Waals surface area (Å²) in [7, 11) is 0. The van der Waals surface area contributed by atoms with Crippen molar-refractivity contribution in [1.29, 1.82) is 0 Å². The van der Waals surface area contributed by atoms with Gasteiger partial charge in [-0.15, -0.1) is 0 Å². The molecular formula is C23H29N7O3. The Labute approximate surface area is 191 Å². The summed E-state index contributed by atoms with van der Waals surface area (Å²) in [5, 5.41) is 32.3. The minimum Gasteiger partial charge on any atom is -0.396 e. The summed E-state index contributed by atoms with van der Waals surface area (Å²) in [4.78, 5) is 12.7. The quantitative estimate of drug-likeness (QED) is 0.269. The zero-order valence-electron chi connectivity index (χ0n) is 18.5. The maximum atomic E-state index is 8.45. The van der Waals surface area contributed by atoms with Gasteiger partial charge in [0, 0.05) is 31.1 Å². The highest BCUT2D eigenvalue weighted by atomic mass is 16.3. The molecule has 0 aliphatic rings. The van der Waals surface area contributed by atoms with Crippen molar-refractivity contribution in [3.05, 3.63) is 66.1 Å². The van der Waals surface area contributed by atoms with E-state index in [1.807, 2.05) is 18.3 Å². The van der Waals surface area contributed by atoms with Gasteiger partial charge in [0.05, 0.1) is 18.9 Å². The zero-order valence-corrected chi connectivity index (χ0v) is 18.5. The van der Waals surface area contributed by atoms with Crippen molar-refractivity contribution in [2.24, 2.45) is 0 Å². The first-order valence-electron chi connectivity index (χ1n) is 10.7. The molecule has 0 bridgehead atoms. The van der Waals surface area contributed by atoms with Gasteiger partial charge in [0.1, 0.15) is 0 Å². The number of pyridine rings is 1. The van der Waals surface area contributed by atoms with Crippen molar-refractivity contribution in [3.63, 3.8) is 0 Å². The summed E-state index contributed by atoms with van der Waals surface area (Å²) in [6.07, 6.45) is 5.79. The Morgan fingerprint density at radius 1 is 1.06 bits per heavy atom. The summed E-state index contributed by atoms with van der Waals surface area (Å²) in [6.45, 7) is 2.34. The molecule has 1 unspecified atom stereocenters. The molecule has 3 aromatic heterocycles. The third kappa shape index (κ3) is 6.45. The molecule has 3 heterocycles. The molecule has 0 spiro atoms. The number of aromatic nitrogens is 5. The van der Waals surface area contributed by atoms with Crippen LogP contribution in [0.15, 0.2) is 55.0 Å². The molecule has 0 saturated heterocycles. The lowest BCUT2D eigenvalue weighted by Gasteiger charge is -2.09. The SMILES string of the molecule is CCc1cnn2c(NCc3ccc(-c4cccnc4)cc3)nc(N)nc12.OCCC(O)CO. The second kappa shape index (κ2) is 11.9. The highest BCUT2D eigenvalue weighted by molar-refractivity contribution is 5.62. The lowest BCUT2D eigenvalue weighted by Crippen LogP contribution is -2.12. The van der Waals surface area contributed by atoms with Crippen LogP contribution in [0.2, 0.25) is 0 Å². The Morgan fingerprint density at radius 2 is 1.85 bits per heavy atom. The van der Waals surface area contributed by atoms with Gasteiger partial charge in [-0.25, -0.2) is 0 Å². The van der Waals surface area contributed by atoms with Crippen LogP contribution in [-0.2, 0) is 13.0 Å². The van der Waals surface area contributed by atoms with Crippen molar-refractivity contribution < 1.29 is 15.3 Å². The van der Waals surface area contributed by atoms with E-state index in [1.54, 1.807) is 16.9 Å². The molecule has 10 heteroatoms. The molecule has 0 amide bonds. The van der Waals surface area contributed by atoms with Crippen LogP contribution >= 0.6 is 0 Å². The third-order valence-corrected chi connectivity index (χ3v) is 4.91. The van der Waals surface area contributed by atoms with Gasteiger partial charge in [-0.1, -0.05) is 37.3 Å². The number of nitrogens with two attached hydrogens (primary N) is 1. The number of hydrogen-bond donors (Lipinski definition) is 5. The number of nitrogen functional groups attached to an aromatic ring is 1. The third-order valence-electron chi connectivity index (χ3n) is 4.91. The molecule has 0 radical (unpaired) electrons. The van der Waals surface area contributed by atoms with Crippen LogP contribution in [0.3, 0.4) is 0 Å². The summed E-state index contributed by atoms with van der Waals surface area (Å²) in [5.74, 6) is 0.825. The smallest absolute Gasteiger partial charge is 0.229 e. The number of aliphatic hydroxyl groups is 3. The normalized spacial score (nSPS) is 11.6. The van der Waals surface area contributed by atoms with Crippen LogP contribution in [0.5, 0.6) is 0 Å². The maximum Gasteiger partial charge on any atom is 0.229 e. The molecular weight excluding hydrogens is 422 g/mol. The van der Waals surface area contributed by atoms with Gasteiger partial charge >= 0.3 is 0 Å². The highest BCUT2D eigenvalue weighted by Gasteiger charge is 2.10.